The van der Waals surface area contributed by atoms with Crippen molar-refractivity contribution in [3.05, 3.63) is 63.6 Å². The van der Waals surface area contributed by atoms with E-state index in [4.69, 9.17) is 4.74 Å². The summed E-state index contributed by atoms with van der Waals surface area (Å²) in [6.45, 7) is 0. The van der Waals surface area contributed by atoms with E-state index in [9.17, 15) is 13.9 Å². The largest absolute Gasteiger partial charge is 0.485 e. The Labute approximate surface area is 123 Å². The van der Waals surface area contributed by atoms with Crippen molar-refractivity contribution in [2.75, 3.05) is 0 Å². The van der Waals surface area contributed by atoms with Crippen molar-refractivity contribution in [1.82, 2.24) is 0 Å². The van der Waals surface area contributed by atoms with Crippen molar-refractivity contribution < 1.29 is 18.6 Å². The van der Waals surface area contributed by atoms with Gasteiger partial charge in [-0.15, -0.1) is 0 Å². The molecule has 2 nitrogen and oxygen atoms in total. The first-order valence-corrected chi connectivity index (χ1v) is 6.93. The molecule has 2 unspecified atom stereocenters. The third-order valence-electron chi connectivity index (χ3n) is 3.36. The van der Waals surface area contributed by atoms with E-state index in [1.807, 2.05) is 0 Å². The molecule has 2 aromatic carbocycles. The second-order valence-corrected chi connectivity index (χ2v) is 5.57. The first kappa shape index (κ1) is 13.5. The van der Waals surface area contributed by atoms with Crippen LogP contribution in [0.1, 0.15) is 29.8 Å². The fraction of sp³-hybridized carbons (Fsp3) is 0.200. The lowest BCUT2D eigenvalue weighted by Crippen LogP contribution is -2.19. The predicted molar refractivity (Wildman–Crippen MR) is 73.4 cm³/mol. The molecule has 1 N–H and O–H groups in total. The summed E-state index contributed by atoms with van der Waals surface area (Å²) in [6, 6.07) is 8.68. The number of benzene rings is 2. The number of rotatable bonds is 1. The normalized spacial score (nSPS) is 21.2. The number of fused-ring (bicyclic) bond motifs is 1. The molecule has 0 aliphatic carbocycles. The SMILES string of the molecule is OC1CC(c2ccc(Br)c(F)c2)Oc2cc(F)ccc21. The van der Waals surface area contributed by atoms with Gasteiger partial charge >= 0.3 is 0 Å². The molecule has 0 bridgehead atoms. The average molecular weight is 341 g/mol. The Hall–Kier alpha value is -1.46. The summed E-state index contributed by atoms with van der Waals surface area (Å²) in [4.78, 5) is 0. The van der Waals surface area contributed by atoms with Crippen LogP contribution in [-0.2, 0) is 0 Å². The van der Waals surface area contributed by atoms with Crippen molar-refractivity contribution in [3.63, 3.8) is 0 Å². The fourth-order valence-corrected chi connectivity index (χ4v) is 2.58. The molecular weight excluding hydrogens is 330 g/mol. The quantitative estimate of drug-likeness (QED) is 0.839. The number of hydrogen-bond acceptors (Lipinski definition) is 2. The van der Waals surface area contributed by atoms with Gasteiger partial charge in [-0.25, -0.2) is 8.78 Å². The zero-order valence-corrected chi connectivity index (χ0v) is 11.9. The molecule has 5 heteroatoms. The molecule has 0 radical (unpaired) electrons. The van der Waals surface area contributed by atoms with Gasteiger partial charge in [0.1, 0.15) is 23.5 Å². The third kappa shape index (κ3) is 2.43. The van der Waals surface area contributed by atoms with Gasteiger partial charge in [0.2, 0.25) is 0 Å². The number of aliphatic hydroxyl groups excluding tert-OH is 1. The van der Waals surface area contributed by atoms with Crippen LogP contribution >= 0.6 is 15.9 Å². The highest BCUT2D eigenvalue weighted by Gasteiger charge is 2.28. The maximum absolute atomic E-state index is 13.6. The minimum atomic E-state index is -0.754. The lowest BCUT2D eigenvalue weighted by Gasteiger charge is -2.30. The van der Waals surface area contributed by atoms with Gasteiger partial charge in [-0.3, -0.25) is 0 Å². The average Bonchev–Trinajstić information content (AvgIpc) is 2.41. The highest BCUT2D eigenvalue weighted by atomic mass is 79.9. The van der Waals surface area contributed by atoms with Gasteiger partial charge in [0.15, 0.2) is 0 Å². The lowest BCUT2D eigenvalue weighted by molar-refractivity contribution is 0.0652. The molecule has 20 heavy (non-hydrogen) atoms. The van der Waals surface area contributed by atoms with Crippen molar-refractivity contribution in [3.8, 4) is 5.75 Å². The van der Waals surface area contributed by atoms with E-state index in [1.165, 1.54) is 24.3 Å². The van der Waals surface area contributed by atoms with Crippen LogP contribution in [0.2, 0.25) is 0 Å². The zero-order valence-electron chi connectivity index (χ0n) is 10.3. The summed E-state index contributed by atoms with van der Waals surface area (Å²) in [5.41, 5.74) is 1.17. The van der Waals surface area contributed by atoms with Crippen LogP contribution in [-0.4, -0.2) is 5.11 Å². The molecule has 1 aliphatic rings. The smallest absolute Gasteiger partial charge is 0.137 e. The fourth-order valence-electron chi connectivity index (χ4n) is 2.33. The van der Waals surface area contributed by atoms with Crippen LogP contribution in [0.25, 0.3) is 0 Å². The molecule has 104 valence electrons. The van der Waals surface area contributed by atoms with Gasteiger partial charge in [-0.1, -0.05) is 6.07 Å². The summed E-state index contributed by atoms with van der Waals surface area (Å²) in [7, 11) is 0. The van der Waals surface area contributed by atoms with Crippen molar-refractivity contribution in [2.45, 2.75) is 18.6 Å². The summed E-state index contributed by atoms with van der Waals surface area (Å²) >= 11 is 3.09. The molecule has 0 amide bonds. The molecule has 2 atom stereocenters. The van der Waals surface area contributed by atoms with Gasteiger partial charge in [-0.2, -0.15) is 0 Å². The molecule has 0 saturated carbocycles. The van der Waals surface area contributed by atoms with E-state index in [0.717, 1.165) is 0 Å². The van der Waals surface area contributed by atoms with Gasteiger partial charge in [-0.05, 0) is 45.8 Å². The first-order chi connectivity index (χ1) is 9.54. The molecule has 2 aromatic rings. The van der Waals surface area contributed by atoms with Crippen LogP contribution < -0.4 is 4.74 Å². The number of hydrogen-bond donors (Lipinski definition) is 1. The molecule has 3 rings (SSSR count). The Balaban J connectivity index is 1.96. The van der Waals surface area contributed by atoms with Gasteiger partial charge < -0.3 is 9.84 Å². The minimum Gasteiger partial charge on any atom is -0.485 e. The predicted octanol–water partition coefficient (Wildman–Crippen LogP) is 4.28. The first-order valence-electron chi connectivity index (χ1n) is 6.13. The Bertz CT molecular complexity index is 660. The van der Waals surface area contributed by atoms with Crippen LogP contribution in [0.5, 0.6) is 5.75 Å². The van der Waals surface area contributed by atoms with E-state index in [-0.39, 0.29) is 0 Å². The van der Waals surface area contributed by atoms with Crippen LogP contribution in [0.3, 0.4) is 0 Å². The highest BCUT2D eigenvalue weighted by Crippen LogP contribution is 2.41. The van der Waals surface area contributed by atoms with Gasteiger partial charge in [0.25, 0.3) is 0 Å². The lowest BCUT2D eigenvalue weighted by atomic mass is 9.95. The molecule has 1 heterocycles. The number of aliphatic hydroxyl groups is 1. The Morgan fingerprint density at radius 1 is 1.15 bits per heavy atom. The molecule has 0 fully saturated rings. The zero-order chi connectivity index (χ0) is 14.3. The second-order valence-electron chi connectivity index (χ2n) is 4.71. The standard InChI is InChI=1S/C15H11BrF2O2/c16-11-4-1-8(5-12(11)18)14-7-13(19)10-3-2-9(17)6-15(10)20-14/h1-6,13-14,19H,7H2. The van der Waals surface area contributed by atoms with E-state index < -0.39 is 23.8 Å². The maximum atomic E-state index is 13.6. The monoisotopic (exact) mass is 340 g/mol. The van der Waals surface area contributed by atoms with Gasteiger partial charge in [0, 0.05) is 18.1 Å². The van der Waals surface area contributed by atoms with Crippen molar-refractivity contribution in [1.29, 1.82) is 0 Å². The van der Waals surface area contributed by atoms with Crippen LogP contribution in [0, 0.1) is 11.6 Å². The summed E-state index contributed by atoms with van der Waals surface area (Å²) in [5.74, 6) is -0.527. The molecule has 0 saturated heterocycles. The molecule has 0 aromatic heterocycles. The topological polar surface area (TPSA) is 29.5 Å². The summed E-state index contributed by atoms with van der Waals surface area (Å²) < 4.78 is 32.9. The van der Waals surface area contributed by atoms with Crippen molar-refractivity contribution in [2.24, 2.45) is 0 Å². The van der Waals surface area contributed by atoms with E-state index >= 15 is 0 Å². The summed E-state index contributed by atoms with van der Waals surface area (Å²) in [6.07, 6.45) is -0.947. The van der Waals surface area contributed by atoms with E-state index in [0.29, 0.717) is 27.8 Å². The minimum absolute atomic E-state index is 0.303. The molecule has 1 aliphatic heterocycles. The molecular formula is C15H11BrF2O2. The van der Waals surface area contributed by atoms with E-state index in [2.05, 4.69) is 15.9 Å². The highest BCUT2D eigenvalue weighted by molar-refractivity contribution is 9.10. The summed E-state index contributed by atoms with van der Waals surface area (Å²) in [5, 5.41) is 10.1. The van der Waals surface area contributed by atoms with Crippen LogP contribution in [0.4, 0.5) is 8.78 Å². The molecule has 0 spiro atoms. The maximum Gasteiger partial charge on any atom is 0.137 e. The Morgan fingerprint density at radius 2 is 1.95 bits per heavy atom. The number of halogens is 3. The number of ether oxygens (including phenoxy) is 1. The Kier molecular flexibility index (Phi) is 3.48. The Morgan fingerprint density at radius 3 is 2.70 bits per heavy atom. The second kappa shape index (κ2) is 5.14. The van der Waals surface area contributed by atoms with Crippen molar-refractivity contribution >= 4 is 15.9 Å². The van der Waals surface area contributed by atoms with E-state index in [1.54, 1.807) is 12.1 Å². The third-order valence-corrected chi connectivity index (χ3v) is 4.00. The van der Waals surface area contributed by atoms with Gasteiger partial charge in [0.05, 0.1) is 10.6 Å². The van der Waals surface area contributed by atoms with Crippen LogP contribution in [0.15, 0.2) is 40.9 Å².